The van der Waals surface area contributed by atoms with Crippen LogP contribution in [0.2, 0.25) is 0 Å². The van der Waals surface area contributed by atoms with Crippen LogP contribution in [0.5, 0.6) is 0 Å². The Labute approximate surface area is 168 Å². The number of halogens is 1. The molecule has 1 aromatic heterocycles. The van der Waals surface area contributed by atoms with Crippen molar-refractivity contribution in [2.75, 3.05) is 0 Å². The SMILES string of the molecule is O=S(=O)(NCc1cn(-c2ccccc2)nc1-c1ccccc1)c1ccccc1F. The van der Waals surface area contributed by atoms with Crippen LogP contribution in [0.4, 0.5) is 4.39 Å². The van der Waals surface area contributed by atoms with Gasteiger partial charge in [-0.2, -0.15) is 5.10 Å². The van der Waals surface area contributed by atoms with E-state index in [0.29, 0.717) is 11.3 Å². The molecule has 3 aromatic carbocycles. The zero-order valence-electron chi connectivity index (χ0n) is 15.4. The summed E-state index contributed by atoms with van der Waals surface area (Å²) >= 11 is 0. The first kappa shape index (κ1) is 19.0. The van der Waals surface area contributed by atoms with E-state index in [4.69, 9.17) is 0 Å². The van der Waals surface area contributed by atoms with Gasteiger partial charge in [0.05, 0.1) is 11.4 Å². The van der Waals surface area contributed by atoms with E-state index in [-0.39, 0.29) is 11.4 Å². The highest BCUT2D eigenvalue weighted by atomic mass is 32.2. The first-order chi connectivity index (χ1) is 14.0. The number of benzene rings is 3. The van der Waals surface area contributed by atoms with Gasteiger partial charge in [0.2, 0.25) is 10.0 Å². The van der Waals surface area contributed by atoms with Gasteiger partial charge in [0.1, 0.15) is 10.7 Å². The minimum atomic E-state index is -4.01. The molecular formula is C22H18FN3O2S. The van der Waals surface area contributed by atoms with Crippen molar-refractivity contribution in [1.82, 2.24) is 14.5 Å². The summed E-state index contributed by atoms with van der Waals surface area (Å²) in [5.41, 5.74) is 3.06. The fourth-order valence-corrected chi connectivity index (χ4v) is 4.09. The highest BCUT2D eigenvalue weighted by Gasteiger charge is 2.20. The van der Waals surface area contributed by atoms with E-state index in [1.54, 1.807) is 10.9 Å². The third-order valence-electron chi connectivity index (χ3n) is 4.44. The number of nitrogens with one attached hydrogen (secondary N) is 1. The number of para-hydroxylation sites is 1. The summed E-state index contributed by atoms with van der Waals surface area (Å²) in [5.74, 6) is -0.789. The molecule has 29 heavy (non-hydrogen) atoms. The van der Waals surface area contributed by atoms with E-state index in [1.165, 1.54) is 18.2 Å². The lowest BCUT2D eigenvalue weighted by atomic mass is 10.1. The van der Waals surface area contributed by atoms with Gasteiger partial charge in [-0.05, 0) is 24.3 Å². The van der Waals surface area contributed by atoms with E-state index in [2.05, 4.69) is 9.82 Å². The molecule has 0 saturated heterocycles. The van der Waals surface area contributed by atoms with Crippen molar-refractivity contribution in [2.45, 2.75) is 11.4 Å². The zero-order chi connectivity index (χ0) is 20.3. The Kier molecular flexibility index (Phi) is 5.24. The zero-order valence-corrected chi connectivity index (χ0v) is 16.2. The van der Waals surface area contributed by atoms with Crippen LogP contribution in [0, 0.1) is 5.82 Å². The summed E-state index contributed by atoms with van der Waals surface area (Å²) in [6.45, 7) is -0.0201. The van der Waals surface area contributed by atoms with Crippen molar-refractivity contribution in [3.05, 3.63) is 103 Å². The first-order valence-electron chi connectivity index (χ1n) is 8.98. The topological polar surface area (TPSA) is 64.0 Å². The van der Waals surface area contributed by atoms with Crippen molar-refractivity contribution in [2.24, 2.45) is 0 Å². The monoisotopic (exact) mass is 407 g/mol. The van der Waals surface area contributed by atoms with E-state index in [0.717, 1.165) is 17.3 Å². The molecule has 0 aliphatic carbocycles. The van der Waals surface area contributed by atoms with Crippen LogP contribution in [0.15, 0.2) is 96.0 Å². The maximum Gasteiger partial charge on any atom is 0.243 e. The van der Waals surface area contributed by atoms with E-state index in [9.17, 15) is 12.8 Å². The third-order valence-corrected chi connectivity index (χ3v) is 5.87. The van der Waals surface area contributed by atoms with Gasteiger partial charge >= 0.3 is 0 Å². The lowest BCUT2D eigenvalue weighted by molar-refractivity contribution is 0.557. The Balaban J connectivity index is 1.69. The first-order valence-corrected chi connectivity index (χ1v) is 10.5. The lowest BCUT2D eigenvalue weighted by Gasteiger charge is -2.08. The molecule has 146 valence electrons. The van der Waals surface area contributed by atoms with Gasteiger partial charge in [-0.15, -0.1) is 0 Å². The molecule has 1 heterocycles. The molecule has 4 rings (SSSR count). The third kappa shape index (κ3) is 4.11. The Morgan fingerprint density at radius 3 is 2.17 bits per heavy atom. The predicted molar refractivity (Wildman–Crippen MR) is 109 cm³/mol. The van der Waals surface area contributed by atoms with Gasteiger partial charge in [0.15, 0.2) is 0 Å². The van der Waals surface area contributed by atoms with Gasteiger partial charge in [0.25, 0.3) is 0 Å². The lowest BCUT2D eigenvalue weighted by Crippen LogP contribution is -2.24. The van der Waals surface area contributed by atoms with Crippen LogP contribution in [0.25, 0.3) is 16.9 Å². The normalized spacial score (nSPS) is 11.5. The molecule has 0 amide bonds. The van der Waals surface area contributed by atoms with Crippen molar-refractivity contribution >= 4 is 10.0 Å². The fourth-order valence-electron chi connectivity index (χ4n) is 3.00. The molecule has 7 heteroatoms. The molecule has 0 unspecified atom stereocenters. The van der Waals surface area contributed by atoms with E-state index < -0.39 is 15.8 Å². The molecule has 0 bridgehead atoms. The van der Waals surface area contributed by atoms with Crippen LogP contribution in [0.3, 0.4) is 0 Å². The summed E-state index contributed by atoms with van der Waals surface area (Å²) in [5, 5.41) is 4.65. The molecule has 0 aliphatic rings. The van der Waals surface area contributed by atoms with Crippen LogP contribution >= 0.6 is 0 Å². The second-order valence-electron chi connectivity index (χ2n) is 6.40. The Hall–Kier alpha value is -3.29. The van der Waals surface area contributed by atoms with Crippen molar-refractivity contribution in [1.29, 1.82) is 0 Å². The molecule has 0 aliphatic heterocycles. The van der Waals surface area contributed by atoms with Gasteiger partial charge in [0, 0.05) is 23.9 Å². The average molecular weight is 407 g/mol. The Morgan fingerprint density at radius 2 is 1.48 bits per heavy atom. The van der Waals surface area contributed by atoms with Gasteiger partial charge < -0.3 is 0 Å². The second kappa shape index (κ2) is 7.98. The molecule has 5 nitrogen and oxygen atoms in total. The van der Waals surface area contributed by atoms with Gasteiger partial charge in [-0.1, -0.05) is 60.7 Å². The van der Waals surface area contributed by atoms with Crippen molar-refractivity contribution in [3.63, 3.8) is 0 Å². The summed E-state index contributed by atoms with van der Waals surface area (Å²) in [6.07, 6.45) is 1.78. The summed E-state index contributed by atoms with van der Waals surface area (Å²) < 4.78 is 43.3. The number of sulfonamides is 1. The van der Waals surface area contributed by atoms with Crippen molar-refractivity contribution in [3.8, 4) is 16.9 Å². The molecule has 1 N–H and O–H groups in total. The smallest absolute Gasteiger partial charge is 0.240 e. The molecule has 4 aromatic rings. The molecule has 0 spiro atoms. The highest BCUT2D eigenvalue weighted by molar-refractivity contribution is 7.89. The molecule has 0 saturated carbocycles. The van der Waals surface area contributed by atoms with Crippen LogP contribution in [-0.4, -0.2) is 18.2 Å². The molecular weight excluding hydrogens is 389 g/mol. The number of hydrogen-bond donors (Lipinski definition) is 1. The Bertz CT molecular complexity index is 1220. The molecule has 0 fully saturated rings. The average Bonchev–Trinajstić information content (AvgIpc) is 3.18. The largest absolute Gasteiger partial charge is 0.243 e. The number of nitrogens with zero attached hydrogens (tertiary/aromatic N) is 2. The maximum absolute atomic E-state index is 13.9. The quantitative estimate of drug-likeness (QED) is 0.522. The fraction of sp³-hybridized carbons (Fsp3) is 0.0455. The second-order valence-corrected chi connectivity index (χ2v) is 8.14. The van der Waals surface area contributed by atoms with Crippen LogP contribution < -0.4 is 4.72 Å². The minimum absolute atomic E-state index is 0.0201. The number of aromatic nitrogens is 2. The van der Waals surface area contributed by atoms with E-state index >= 15 is 0 Å². The summed E-state index contributed by atoms with van der Waals surface area (Å²) in [4.78, 5) is -0.378. The molecule has 0 radical (unpaired) electrons. The number of hydrogen-bond acceptors (Lipinski definition) is 3. The van der Waals surface area contributed by atoms with E-state index in [1.807, 2.05) is 60.7 Å². The van der Waals surface area contributed by atoms with Gasteiger partial charge in [-0.25, -0.2) is 22.2 Å². The summed E-state index contributed by atoms with van der Waals surface area (Å²) in [7, 11) is -4.01. The van der Waals surface area contributed by atoms with Crippen molar-refractivity contribution < 1.29 is 12.8 Å². The van der Waals surface area contributed by atoms with Crippen LogP contribution in [-0.2, 0) is 16.6 Å². The minimum Gasteiger partial charge on any atom is -0.240 e. The predicted octanol–water partition coefficient (Wildman–Crippen LogP) is 4.16. The standard InChI is InChI=1S/C22H18FN3O2S/c23-20-13-7-8-14-21(20)29(27,28)24-15-18-16-26(19-11-5-2-6-12-19)25-22(18)17-9-3-1-4-10-17/h1-14,16,24H,15H2. The van der Waals surface area contributed by atoms with Gasteiger partial charge in [-0.3, -0.25) is 0 Å². The number of rotatable bonds is 6. The summed E-state index contributed by atoms with van der Waals surface area (Å²) in [6, 6.07) is 24.3. The highest BCUT2D eigenvalue weighted by Crippen LogP contribution is 2.24. The maximum atomic E-state index is 13.9. The Morgan fingerprint density at radius 1 is 0.862 bits per heavy atom. The van der Waals surface area contributed by atoms with Crippen LogP contribution in [0.1, 0.15) is 5.56 Å². The molecule has 0 atom stereocenters.